The van der Waals surface area contributed by atoms with Crippen molar-refractivity contribution in [2.45, 2.75) is 13.5 Å². The number of rotatable bonds is 3. The van der Waals surface area contributed by atoms with E-state index < -0.39 is 0 Å². The summed E-state index contributed by atoms with van der Waals surface area (Å²) in [6, 6.07) is 16.9. The van der Waals surface area contributed by atoms with Crippen LogP contribution in [0.5, 0.6) is 0 Å². The van der Waals surface area contributed by atoms with Gasteiger partial charge in [-0.15, -0.1) is 10.2 Å². The van der Waals surface area contributed by atoms with E-state index >= 15 is 0 Å². The summed E-state index contributed by atoms with van der Waals surface area (Å²) < 4.78 is 2.23. The Hall–Kier alpha value is -2.95. The van der Waals surface area contributed by atoms with Crippen molar-refractivity contribution in [3.63, 3.8) is 0 Å². The molecule has 0 unspecified atom stereocenters. The first-order valence-electron chi connectivity index (χ1n) is 7.18. The van der Waals surface area contributed by atoms with Crippen LogP contribution in [0.4, 0.5) is 0 Å². The van der Waals surface area contributed by atoms with Gasteiger partial charge in [0.25, 0.3) is 0 Å². The molecule has 0 aliphatic rings. The highest BCUT2D eigenvalue weighted by molar-refractivity contribution is 5.94. The van der Waals surface area contributed by atoms with Crippen LogP contribution >= 0.6 is 0 Å². The summed E-state index contributed by atoms with van der Waals surface area (Å²) >= 11 is 0. The summed E-state index contributed by atoms with van der Waals surface area (Å²) in [6.07, 6.45) is 2.09. The zero-order valence-corrected chi connectivity index (χ0v) is 12.2. The Morgan fingerprint density at radius 3 is 2.64 bits per heavy atom. The SMILES string of the molecule is Cc1ccc(Cn2cc(-c3nn[nH]n3)c3ccccc32)cc1. The van der Waals surface area contributed by atoms with Crippen LogP contribution in [0.3, 0.4) is 0 Å². The fourth-order valence-electron chi connectivity index (χ4n) is 2.72. The van der Waals surface area contributed by atoms with E-state index in [1.165, 1.54) is 16.6 Å². The lowest BCUT2D eigenvalue weighted by Gasteiger charge is -2.05. The number of nitrogens with zero attached hydrogens (tertiary/aromatic N) is 4. The van der Waals surface area contributed by atoms with E-state index in [0.29, 0.717) is 5.82 Å². The number of H-pyrrole nitrogens is 1. The van der Waals surface area contributed by atoms with Crippen molar-refractivity contribution in [1.29, 1.82) is 0 Å². The van der Waals surface area contributed by atoms with Crippen molar-refractivity contribution in [2.75, 3.05) is 0 Å². The van der Waals surface area contributed by atoms with Crippen molar-refractivity contribution < 1.29 is 0 Å². The van der Waals surface area contributed by atoms with Crippen molar-refractivity contribution >= 4 is 10.9 Å². The number of aromatic amines is 1. The van der Waals surface area contributed by atoms with Crippen molar-refractivity contribution in [1.82, 2.24) is 25.2 Å². The molecule has 4 rings (SSSR count). The van der Waals surface area contributed by atoms with Crippen LogP contribution in [0, 0.1) is 6.92 Å². The van der Waals surface area contributed by atoms with Gasteiger partial charge in [0.2, 0.25) is 5.82 Å². The molecule has 0 saturated carbocycles. The lowest BCUT2D eigenvalue weighted by atomic mass is 10.1. The molecular formula is C17H15N5. The lowest BCUT2D eigenvalue weighted by Crippen LogP contribution is -1.97. The molecule has 0 spiro atoms. The molecule has 2 aromatic carbocycles. The maximum atomic E-state index is 4.11. The van der Waals surface area contributed by atoms with Gasteiger partial charge in [-0.3, -0.25) is 0 Å². The molecule has 0 fully saturated rings. The van der Waals surface area contributed by atoms with Crippen molar-refractivity contribution in [3.8, 4) is 11.4 Å². The molecule has 108 valence electrons. The van der Waals surface area contributed by atoms with Crippen LogP contribution in [0.2, 0.25) is 0 Å². The molecule has 0 amide bonds. The molecular weight excluding hydrogens is 274 g/mol. The van der Waals surface area contributed by atoms with Crippen molar-refractivity contribution in [2.24, 2.45) is 0 Å². The second-order valence-corrected chi connectivity index (χ2v) is 5.41. The first-order valence-corrected chi connectivity index (χ1v) is 7.18. The monoisotopic (exact) mass is 289 g/mol. The topological polar surface area (TPSA) is 59.4 Å². The predicted octanol–water partition coefficient (Wildman–Crippen LogP) is 3.18. The van der Waals surface area contributed by atoms with E-state index in [9.17, 15) is 0 Å². The van der Waals surface area contributed by atoms with Crippen LogP contribution in [-0.4, -0.2) is 25.2 Å². The van der Waals surface area contributed by atoms with Gasteiger partial charge in [-0.2, -0.15) is 5.21 Å². The fourth-order valence-corrected chi connectivity index (χ4v) is 2.72. The largest absolute Gasteiger partial charge is 0.342 e. The van der Waals surface area contributed by atoms with Crippen LogP contribution in [-0.2, 0) is 6.54 Å². The van der Waals surface area contributed by atoms with Gasteiger partial charge >= 0.3 is 0 Å². The standard InChI is InChI=1S/C17H15N5/c1-12-6-8-13(9-7-12)10-22-11-15(17-18-20-21-19-17)14-4-2-3-5-16(14)22/h2-9,11H,10H2,1H3,(H,18,19,20,21). The van der Waals surface area contributed by atoms with Gasteiger partial charge < -0.3 is 4.57 Å². The molecule has 4 aromatic rings. The predicted molar refractivity (Wildman–Crippen MR) is 85.4 cm³/mol. The third-order valence-electron chi connectivity index (χ3n) is 3.85. The normalized spacial score (nSPS) is 11.1. The molecule has 1 N–H and O–H groups in total. The summed E-state index contributed by atoms with van der Waals surface area (Å²) in [7, 11) is 0. The van der Waals surface area contributed by atoms with Crippen LogP contribution < -0.4 is 0 Å². The molecule has 2 heterocycles. The van der Waals surface area contributed by atoms with E-state index in [1.54, 1.807) is 0 Å². The fraction of sp³-hybridized carbons (Fsp3) is 0.118. The second kappa shape index (κ2) is 5.11. The zero-order valence-electron chi connectivity index (χ0n) is 12.2. The third kappa shape index (κ3) is 2.16. The van der Waals surface area contributed by atoms with E-state index in [1.807, 2.05) is 12.1 Å². The number of benzene rings is 2. The molecule has 0 aliphatic carbocycles. The number of tetrazole rings is 1. The second-order valence-electron chi connectivity index (χ2n) is 5.41. The molecule has 0 radical (unpaired) electrons. The maximum Gasteiger partial charge on any atom is 0.206 e. The minimum Gasteiger partial charge on any atom is -0.342 e. The van der Waals surface area contributed by atoms with Crippen molar-refractivity contribution in [3.05, 3.63) is 65.9 Å². The smallest absolute Gasteiger partial charge is 0.206 e. The lowest BCUT2D eigenvalue weighted by molar-refractivity contribution is 0.836. The van der Waals surface area contributed by atoms with Crippen LogP contribution in [0.15, 0.2) is 54.7 Å². The molecule has 0 atom stereocenters. The van der Waals surface area contributed by atoms with Gasteiger partial charge in [0.15, 0.2) is 0 Å². The van der Waals surface area contributed by atoms with Gasteiger partial charge in [-0.25, -0.2) is 0 Å². The zero-order chi connectivity index (χ0) is 14.9. The minimum absolute atomic E-state index is 0.624. The number of fused-ring (bicyclic) bond motifs is 1. The number of nitrogens with one attached hydrogen (secondary N) is 1. The molecule has 2 aromatic heterocycles. The van der Waals surface area contributed by atoms with E-state index in [0.717, 1.165) is 17.5 Å². The number of hydrogen-bond donors (Lipinski definition) is 1. The first kappa shape index (κ1) is 12.8. The summed E-state index contributed by atoms with van der Waals surface area (Å²) in [6.45, 7) is 2.92. The summed E-state index contributed by atoms with van der Waals surface area (Å²) in [5, 5.41) is 15.5. The van der Waals surface area contributed by atoms with Crippen LogP contribution in [0.25, 0.3) is 22.3 Å². The molecule has 5 nitrogen and oxygen atoms in total. The van der Waals surface area contributed by atoms with Gasteiger partial charge in [-0.05, 0) is 23.8 Å². The molecule has 0 saturated heterocycles. The highest BCUT2D eigenvalue weighted by Gasteiger charge is 2.13. The Morgan fingerprint density at radius 1 is 1.05 bits per heavy atom. The summed E-state index contributed by atoms with van der Waals surface area (Å²) in [5.41, 5.74) is 4.71. The maximum absolute atomic E-state index is 4.11. The average Bonchev–Trinajstić information content (AvgIpc) is 3.18. The Kier molecular flexibility index (Phi) is 2.96. The third-order valence-corrected chi connectivity index (χ3v) is 3.85. The summed E-state index contributed by atoms with van der Waals surface area (Å²) in [5.74, 6) is 0.624. The minimum atomic E-state index is 0.624. The van der Waals surface area contributed by atoms with E-state index in [4.69, 9.17) is 0 Å². The highest BCUT2D eigenvalue weighted by atomic mass is 15.5. The number of aromatic nitrogens is 5. The number of aryl methyl sites for hydroxylation is 1. The Bertz CT molecular complexity index is 904. The molecule has 0 aliphatic heterocycles. The average molecular weight is 289 g/mol. The van der Waals surface area contributed by atoms with Gasteiger partial charge in [-0.1, -0.05) is 48.0 Å². The van der Waals surface area contributed by atoms with E-state index in [2.05, 4.69) is 74.7 Å². The Labute approximate surface area is 127 Å². The van der Waals surface area contributed by atoms with E-state index in [-0.39, 0.29) is 0 Å². The molecule has 22 heavy (non-hydrogen) atoms. The summed E-state index contributed by atoms with van der Waals surface area (Å²) in [4.78, 5) is 0. The van der Waals surface area contributed by atoms with Crippen LogP contribution in [0.1, 0.15) is 11.1 Å². The molecule has 5 heteroatoms. The Balaban J connectivity index is 1.82. The molecule has 0 bridgehead atoms. The first-order chi connectivity index (χ1) is 10.8. The van der Waals surface area contributed by atoms with Gasteiger partial charge in [0.1, 0.15) is 0 Å². The van der Waals surface area contributed by atoms with Gasteiger partial charge in [0.05, 0.1) is 0 Å². The Morgan fingerprint density at radius 2 is 1.86 bits per heavy atom. The highest BCUT2D eigenvalue weighted by Crippen LogP contribution is 2.28. The quantitative estimate of drug-likeness (QED) is 0.630. The number of para-hydroxylation sites is 1. The number of hydrogen-bond acceptors (Lipinski definition) is 3. The van der Waals surface area contributed by atoms with Gasteiger partial charge in [0, 0.05) is 29.2 Å².